The third-order valence-electron chi connectivity index (χ3n) is 5.48. The zero-order valence-corrected chi connectivity index (χ0v) is 20.2. The highest BCUT2D eigenvalue weighted by Gasteiger charge is 2.33. The largest absolute Gasteiger partial charge is 0.416 e. The Morgan fingerprint density at radius 3 is 2.14 bits per heavy atom. The van der Waals surface area contributed by atoms with Crippen LogP contribution in [0.2, 0.25) is 0 Å². The van der Waals surface area contributed by atoms with Crippen molar-refractivity contribution in [3.63, 3.8) is 0 Å². The van der Waals surface area contributed by atoms with Crippen molar-refractivity contribution in [1.82, 2.24) is 4.98 Å². The van der Waals surface area contributed by atoms with Gasteiger partial charge in [0.05, 0.1) is 16.1 Å². The van der Waals surface area contributed by atoms with E-state index in [9.17, 15) is 26.4 Å². The average Bonchev–Trinajstić information content (AvgIpc) is 2.89. The molecule has 1 amide bonds. The number of hydrogen-bond donors (Lipinski definition) is 1. The number of amides is 1. The van der Waals surface area contributed by atoms with Gasteiger partial charge in [0.1, 0.15) is 6.54 Å². The zero-order valence-electron chi connectivity index (χ0n) is 19.4. The van der Waals surface area contributed by atoms with Gasteiger partial charge in [-0.3, -0.25) is 14.1 Å². The van der Waals surface area contributed by atoms with Gasteiger partial charge in [-0.2, -0.15) is 13.2 Å². The lowest BCUT2D eigenvalue weighted by atomic mass is 10.1. The van der Waals surface area contributed by atoms with Crippen molar-refractivity contribution in [2.24, 2.45) is 0 Å². The molecule has 1 heterocycles. The second kappa shape index (κ2) is 10.8. The first-order chi connectivity index (χ1) is 17.6. The molecule has 4 rings (SSSR count). The SMILES string of the molecule is O=C(CN(c1cccc(C(F)(F)F)c1)S(=O)(=O)c1ccccc1)Nc1ccc(Cc2ccncc2)cc1. The van der Waals surface area contributed by atoms with Gasteiger partial charge in [0.15, 0.2) is 0 Å². The molecular formula is C27H22F3N3O3S. The molecule has 0 aliphatic heterocycles. The van der Waals surface area contributed by atoms with E-state index in [-0.39, 0.29) is 10.6 Å². The monoisotopic (exact) mass is 525 g/mol. The Bertz CT molecular complexity index is 1460. The third kappa shape index (κ3) is 6.53. The van der Waals surface area contributed by atoms with Crippen molar-refractivity contribution in [1.29, 1.82) is 0 Å². The van der Waals surface area contributed by atoms with Crippen molar-refractivity contribution in [3.05, 3.63) is 120 Å². The fourth-order valence-electron chi connectivity index (χ4n) is 3.65. The van der Waals surface area contributed by atoms with E-state index in [0.717, 1.165) is 23.3 Å². The summed E-state index contributed by atoms with van der Waals surface area (Å²) in [5, 5.41) is 2.62. The Kier molecular flexibility index (Phi) is 7.58. The van der Waals surface area contributed by atoms with Crippen LogP contribution in [0, 0.1) is 0 Å². The van der Waals surface area contributed by atoms with Crippen LogP contribution >= 0.6 is 0 Å². The molecule has 10 heteroatoms. The number of sulfonamides is 1. The van der Waals surface area contributed by atoms with E-state index in [0.29, 0.717) is 22.5 Å². The molecule has 0 aliphatic carbocycles. The van der Waals surface area contributed by atoms with Gasteiger partial charge in [0.25, 0.3) is 10.0 Å². The van der Waals surface area contributed by atoms with Gasteiger partial charge in [0.2, 0.25) is 5.91 Å². The van der Waals surface area contributed by atoms with E-state index < -0.39 is 34.2 Å². The summed E-state index contributed by atoms with van der Waals surface area (Å²) in [5.74, 6) is -0.709. The number of alkyl halides is 3. The van der Waals surface area contributed by atoms with Gasteiger partial charge in [-0.1, -0.05) is 36.4 Å². The van der Waals surface area contributed by atoms with Crippen LogP contribution < -0.4 is 9.62 Å². The van der Waals surface area contributed by atoms with Crippen LogP contribution in [-0.2, 0) is 27.4 Å². The minimum atomic E-state index is -4.68. The first-order valence-electron chi connectivity index (χ1n) is 11.2. The van der Waals surface area contributed by atoms with Crippen LogP contribution in [0.5, 0.6) is 0 Å². The first-order valence-corrected chi connectivity index (χ1v) is 12.6. The molecule has 0 saturated carbocycles. The molecule has 6 nitrogen and oxygen atoms in total. The van der Waals surface area contributed by atoms with Crippen molar-refractivity contribution in [2.45, 2.75) is 17.5 Å². The van der Waals surface area contributed by atoms with Crippen LogP contribution in [-0.4, -0.2) is 25.9 Å². The van der Waals surface area contributed by atoms with Gasteiger partial charge < -0.3 is 5.32 Å². The summed E-state index contributed by atoms with van der Waals surface area (Å²) in [5.41, 5.74) is 1.17. The molecule has 1 aromatic heterocycles. The Hall–Kier alpha value is -4.18. The lowest BCUT2D eigenvalue weighted by Gasteiger charge is -2.25. The average molecular weight is 526 g/mol. The lowest BCUT2D eigenvalue weighted by Crippen LogP contribution is -2.38. The van der Waals surface area contributed by atoms with E-state index in [4.69, 9.17) is 0 Å². The minimum absolute atomic E-state index is 0.152. The number of carbonyl (C=O) groups is 1. The van der Waals surface area contributed by atoms with Gasteiger partial charge in [-0.25, -0.2) is 8.42 Å². The quantitative estimate of drug-likeness (QED) is 0.328. The second-order valence-electron chi connectivity index (χ2n) is 8.15. The van der Waals surface area contributed by atoms with Crippen LogP contribution in [0.4, 0.5) is 24.5 Å². The minimum Gasteiger partial charge on any atom is -0.325 e. The predicted octanol–water partition coefficient (Wildman–Crippen LogP) is 5.53. The number of anilines is 2. The summed E-state index contributed by atoms with van der Waals surface area (Å²) < 4.78 is 67.4. The summed E-state index contributed by atoms with van der Waals surface area (Å²) in [7, 11) is -4.34. The third-order valence-corrected chi connectivity index (χ3v) is 7.26. The van der Waals surface area contributed by atoms with E-state index in [1.54, 1.807) is 30.6 Å². The maximum absolute atomic E-state index is 13.4. The summed E-state index contributed by atoms with van der Waals surface area (Å²) in [6.07, 6.45) is -0.624. The summed E-state index contributed by atoms with van der Waals surface area (Å²) >= 11 is 0. The number of rotatable bonds is 8. The van der Waals surface area contributed by atoms with Crippen molar-refractivity contribution in [3.8, 4) is 0 Å². The zero-order chi connectivity index (χ0) is 26.5. The smallest absolute Gasteiger partial charge is 0.325 e. The summed E-state index contributed by atoms with van der Waals surface area (Å²) in [6, 6.07) is 21.9. The number of nitrogens with one attached hydrogen (secondary N) is 1. The fraction of sp³-hybridized carbons (Fsp3) is 0.111. The molecule has 3 aromatic carbocycles. The Morgan fingerprint density at radius 2 is 1.49 bits per heavy atom. The summed E-state index contributed by atoms with van der Waals surface area (Å²) in [6.45, 7) is -0.725. The van der Waals surface area contributed by atoms with E-state index in [1.165, 1.54) is 30.3 Å². The normalized spacial score (nSPS) is 11.6. The lowest BCUT2D eigenvalue weighted by molar-refractivity contribution is -0.137. The molecule has 0 unspecified atom stereocenters. The summed E-state index contributed by atoms with van der Waals surface area (Å²) in [4.78, 5) is 16.7. The van der Waals surface area contributed by atoms with Gasteiger partial charge >= 0.3 is 6.18 Å². The van der Waals surface area contributed by atoms with Crippen LogP contribution in [0.3, 0.4) is 0 Å². The molecular weight excluding hydrogens is 503 g/mol. The number of nitrogens with zero attached hydrogens (tertiary/aromatic N) is 2. The standard InChI is InChI=1S/C27H22F3N3O3S/c28-27(29,30)22-5-4-6-24(18-22)33(37(35,36)25-7-2-1-3-8-25)19-26(34)32-23-11-9-20(10-12-23)17-21-13-15-31-16-14-21/h1-16,18H,17,19H2,(H,32,34). The van der Waals surface area contributed by atoms with Gasteiger partial charge in [0, 0.05) is 18.1 Å². The number of halogens is 3. The van der Waals surface area contributed by atoms with Crippen molar-refractivity contribution < 1.29 is 26.4 Å². The highest BCUT2D eigenvalue weighted by atomic mass is 32.2. The highest BCUT2D eigenvalue weighted by molar-refractivity contribution is 7.92. The number of hydrogen-bond acceptors (Lipinski definition) is 4. The maximum atomic E-state index is 13.4. The van der Waals surface area contributed by atoms with Gasteiger partial charge in [-0.05, 0) is 72.1 Å². The Balaban J connectivity index is 1.57. The van der Waals surface area contributed by atoms with Crippen molar-refractivity contribution in [2.75, 3.05) is 16.2 Å². The van der Waals surface area contributed by atoms with Gasteiger partial charge in [-0.15, -0.1) is 0 Å². The molecule has 0 fully saturated rings. The highest BCUT2D eigenvalue weighted by Crippen LogP contribution is 2.33. The molecule has 0 saturated heterocycles. The number of benzene rings is 3. The van der Waals surface area contributed by atoms with E-state index >= 15 is 0 Å². The maximum Gasteiger partial charge on any atom is 0.416 e. The van der Waals surface area contributed by atoms with Crippen LogP contribution in [0.15, 0.2) is 108 Å². The molecule has 1 N–H and O–H groups in total. The first kappa shape index (κ1) is 25.9. The van der Waals surface area contributed by atoms with E-state index in [2.05, 4.69) is 10.3 Å². The number of carbonyl (C=O) groups excluding carboxylic acids is 1. The molecule has 0 atom stereocenters. The van der Waals surface area contributed by atoms with Crippen molar-refractivity contribution >= 4 is 27.3 Å². The molecule has 4 aromatic rings. The molecule has 0 spiro atoms. The molecule has 0 radical (unpaired) electrons. The molecule has 37 heavy (non-hydrogen) atoms. The number of aromatic nitrogens is 1. The Labute approximate surface area is 212 Å². The molecule has 190 valence electrons. The predicted molar refractivity (Wildman–Crippen MR) is 135 cm³/mol. The molecule has 0 aliphatic rings. The fourth-order valence-corrected chi connectivity index (χ4v) is 5.08. The van der Waals surface area contributed by atoms with E-state index in [1.807, 2.05) is 24.3 Å². The number of pyridine rings is 1. The molecule has 0 bridgehead atoms. The van der Waals surface area contributed by atoms with Crippen LogP contribution in [0.25, 0.3) is 0 Å². The topological polar surface area (TPSA) is 79.4 Å². The second-order valence-corrected chi connectivity index (χ2v) is 10.0. The van der Waals surface area contributed by atoms with Crippen LogP contribution in [0.1, 0.15) is 16.7 Å². The Morgan fingerprint density at radius 1 is 0.838 bits per heavy atom.